The SMILES string of the molecule is CC(ON(C)C[C@H]1[C@@H]2[CH-]O[C@@]1(CO)CO2)[C@@]12CO[C@@H]([CH-]O1)[C@@H]2C.[U].[U]. The van der Waals surface area contributed by atoms with Crippen molar-refractivity contribution < 1.29 is 91.1 Å². The third-order valence-electron chi connectivity index (χ3n) is 5.96. The molecule has 4 bridgehead atoms. The molecule has 4 aliphatic heterocycles. The molecule has 0 aromatic carbocycles. The number of hydrogen-bond acceptors (Lipinski definition) is 7. The number of nitrogens with zero attached hydrogens (tertiary/aromatic N) is 1. The van der Waals surface area contributed by atoms with Crippen LogP contribution < -0.4 is 0 Å². The van der Waals surface area contributed by atoms with E-state index in [1.807, 2.05) is 14.0 Å². The van der Waals surface area contributed by atoms with E-state index in [1.54, 1.807) is 18.3 Å². The predicted molar refractivity (Wildman–Crippen MR) is 78.6 cm³/mol. The molecule has 0 aliphatic carbocycles. The van der Waals surface area contributed by atoms with Crippen molar-refractivity contribution in [1.29, 1.82) is 0 Å². The second kappa shape index (κ2) is 8.68. The first-order valence-corrected chi connectivity index (χ1v) is 8.25. The van der Waals surface area contributed by atoms with Crippen molar-refractivity contribution in [2.45, 2.75) is 43.4 Å². The van der Waals surface area contributed by atoms with Crippen LogP contribution in [-0.4, -0.2) is 73.1 Å². The summed E-state index contributed by atoms with van der Waals surface area (Å²) < 4.78 is 22.9. The number of rotatable bonds is 6. The van der Waals surface area contributed by atoms with Gasteiger partial charge in [-0.15, -0.1) is 0 Å². The van der Waals surface area contributed by atoms with Crippen molar-refractivity contribution in [3.8, 4) is 0 Å². The fourth-order valence-electron chi connectivity index (χ4n) is 4.22. The van der Waals surface area contributed by atoms with Crippen molar-refractivity contribution in [3.05, 3.63) is 13.2 Å². The largest absolute Gasteiger partial charge is 0.541 e. The monoisotopic (exact) mass is 803 g/mol. The molecule has 0 amide bonds. The summed E-state index contributed by atoms with van der Waals surface area (Å²) in [5, 5.41) is 11.5. The molecule has 0 saturated carbocycles. The second-order valence-corrected chi connectivity index (χ2v) is 7.19. The standard InChI is InChI=1S/C16H25NO6.2U/c1-10-13-5-22-16(10,9-20-13)11(2)23-17(3)4-12-14-6-21-15(12,7-18)8-19-14;;/h5-6,10-14,18H,4,7-9H2,1-3H3;;/q-2;;/t10-,11?,12-,13-,14-,15-,16-;;/m0../s1. The molecule has 1 unspecified atom stereocenters. The molecule has 25 heavy (non-hydrogen) atoms. The minimum absolute atomic E-state index is 0. The van der Waals surface area contributed by atoms with Crippen molar-refractivity contribution >= 4 is 0 Å². The molecule has 4 heterocycles. The van der Waals surface area contributed by atoms with Crippen LogP contribution in [0.15, 0.2) is 0 Å². The van der Waals surface area contributed by atoms with E-state index in [9.17, 15) is 5.11 Å². The third kappa shape index (κ3) is 3.71. The molecule has 7 nitrogen and oxygen atoms in total. The quantitative estimate of drug-likeness (QED) is 0.303. The topological polar surface area (TPSA) is 69.6 Å². The summed E-state index contributed by atoms with van der Waals surface area (Å²) in [7, 11) is 1.90. The Kier molecular flexibility index (Phi) is 8.02. The van der Waals surface area contributed by atoms with Gasteiger partial charge in [-0.2, -0.15) is 18.3 Å². The van der Waals surface area contributed by atoms with E-state index in [2.05, 4.69) is 6.92 Å². The zero-order valence-corrected chi connectivity index (χ0v) is 23.1. The van der Waals surface area contributed by atoms with E-state index in [1.165, 1.54) is 0 Å². The van der Waals surface area contributed by atoms with Crippen LogP contribution in [0.3, 0.4) is 0 Å². The Morgan fingerprint density at radius 3 is 2.36 bits per heavy atom. The van der Waals surface area contributed by atoms with Crippen molar-refractivity contribution in [2.24, 2.45) is 11.8 Å². The van der Waals surface area contributed by atoms with Gasteiger partial charge in [-0.1, -0.05) is 6.92 Å². The molecule has 0 radical (unpaired) electrons. The zero-order chi connectivity index (χ0) is 16.2. The van der Waals surface area contributed by atoms with E-state index in [-0.39, 0.29) is 99.0 Å². The summed E-state index contributed by atoms with van der Waals surface area (Å²) in [6.45, 7) is 9.16. The van der Waals surface area contributed by atoms with Crippen LogP contribution in [0.4, 0.5) is 0 Å². The van der Waals surface area contributed by atoms with Crippen LogP contribution in [0.25, 0.3) is 0 Å². The van der Waals surface area contributed by atoms with Gasteiger partial charge in [0, 0.05) is 81.7 Å². The zero-order valence-electron chi connectivity index (χ0n) is 14.8. The molecule has 0 aromatic heterocycles. The maximum Gasteiger partial charge on any atom is 0.105 e. The first-order valence-electron chi connectivity index (χ1n) is 8.25. The Hall–Kier alpha value is 1.82. The molecule has 0 aromatic rings. The van der Waals surface area contributed by atoms with Gasteiger partial charge in [0.1, 0.15) is 6.10 Å². The first kappa shape index (κ1) is 23.1. The molecular weight excluding hydrogens is 778 g/mol. The van der Waals surface area contributed by atoms with Crippen LogP contribution in [0.2, 0.25) is 0 Å². The third-order valence-corrected chi connectivity index (χ3v) is 5.96. The van der Waals surface area contributed by atoms with Gasteiger partial charge in [0.15, 0.2) is 0 Å². The summed E-state index contributed by atoms with van der Waals surface area (Å²) in [5.41, 5.74) is -1.04. The summed E-state index contributed by atoms with van der Waals surface area (Å²) >= 11 is 0. The number of hydrogen-bond donors (Lipinski definition) is 1. The van der Waals surface area contributed by atoms with Crippen LogP contribution in [0.5, 0.6) is 0 Å². The van der Waals surface area contributed by atoms with E-state index in [4.69, 9.17) is 23.8 Å². The predicted octanol–water partition coefficient (Wildman–Crippen LogP) is 0.142. The van der Waals surface area contributed by atoms with E-state index >= 15 is 0 Å². The number of aliphatic hydroxyl groups excluding tert-OH is 1. The van der Waals surface area contributed by atoms with E-state index in [0.717, 1.165) is 0 Å². The van der Waals surface area contributed by atoms with Gasteiger partial charge in [0.2, 0.25) is 0 Å². The van der Waals surface area contributed by atoms with Crippen molar-refractivity contribution in [3.63, 3.8) is 0 Å². The molecule has 4 saturated heterocycles. The van der Waals surface area contributed by atoms with Gasteiger partial charge in [-0.25, -0.2) is 0 Å². The molecule has 4 aliphatic rings. The van der Waals surface area contributed by atoms with Gasteiger partial charge >= 0.3 is 0 Å². The molecular formula is C16H25NO6U2-2. The van der Waals surface area contributed by atoms with E-state index < -0.39 is 11.2 Å². The van der Waals surface area contributed by atoms with Gasteiger partial charge in [0.05, 0.1) is 31.0 Å². The first-order chi connectivity index (χ1) is 11.0. The minimum atomic E-state index is -0.629. The smallest absolute Gasteiger partial charge is 0.105 e. The summed E-state index contributed by atoms with van der Waals surface area (Å²) in [6.07, 6.45) is -0.164. The molecule has 0 spiro atoms. The average Bonchev–Trinajstić information content (AvgIpc) is 3.27. The van der Waals surface area contributed by atoms with Gasteiger partial charge < -0.3 is 24.1 Å². The van der Waals surface area contributed by atoms with Crippen LogP contribution >= 0.6 is 0 Å². The number of hydroxylamine groups is 2. The number of fused-ring (bicyclic) bond motifs is 4. The second-order valence-electron chi connectivity index (χ2n) is 7.19. The van der Waals surface area contributed by atoms with Crippen LogP contribution in [-0.2, 0) is 23.8 Å². The maximum absolute atomic E-state index is 9.68. The fraction of sp³-hybridized carbons (Fsp3) is 0.875. The molecule has 7 atom stereocenters. The Morgan fingerprint density at radius 1 is 1.20 bits per heavy atom. The molecule has 9 heteroatoms. The Balaban J connectivity index is 0.00000113. The van der Waals surface area contributed by atoms with Crippen molar-refractivity contribution in [1.82, 2.24) is 5.06 Å². The Morgan fingerprint density at radius 2 is 1.88 bits per heavy atom. The van der Waals surface area contributed by atoms with Gasteiger partial charge in [-0.3, -0.25) is 4.84 Å². The summed E-state index contributed by atoms with van der Waals surface area (Å²) in [4.78, 5) is 6.10. The maximum atomic E-state index is 9.68. The normalized spacial score (nSPS) is 45.5. The molecule has 140 valence electrons. The van der Waals surface area contributed by atoms with Gasteiger partial charge in [-0.05, 0) is 25.0 Å². The van der Waals surface area contributed by atoms with E-state index in [0.29, 0.717) is 19.8 Å². The van der Waals surface area contributed by atoms with Crippen LogP contribution in [0, 0.1) is 87.3 Å². The number of ether oxygens (including phenoxy) is 4. The van der Waals surface area contributed by atoms with Crippen LogP contribution in [0.1, 0.15) is 13.8 Å². The Labute approximate surface area is 196 Å². The minimum Gasteiger partial charge on any atom is -0.541 e. The summed E-state index contributed by atoms with van der Waals surface area (Å²) in [5.74, 6) is 0.334. The Bertz CT molecular complexity index is 454. The average molecular weight is 803 g/mol. The van der Waals surface area contributed by atoms with Gasteiger partial charge in [0.25, 0.3) is 0 Å². The molecule has 4 fully saturated rings. The van der Waals surface area contributed by atoms with Crippen molar-refractivity contribution in [2.75, 3.05) is 33.4 Å². The molecule has 1 N–H and O–H groups in total. The molecule has 4 rings (SSSR count). The summed E-state index contributed by atoms with van der Waals surface area (Å²) in [6, 6.07) is 0. The number of aliphatic hydroxyl groups is 1. The fourth-order valence-corrected chi connectivity index (χ4v) is 4.22.